The van der Waals surface area contributed by atoms with Gasteiger partial charge in [0.15, 0.2) is 11.6 Å². The first-order valence-corrected chi connectivity index (χ1v) is 8.44. The van der Waals surface area contributed by atoms with E-state index in [2.05, 4.69) is 20.6 Å². The Kier molecular flexibility index (Phi) is 5.18. The van der Waals surface area contributed by atoms with Crippen molar-refractivity contribution in [2.45, 2.75) is 6.92 Å². The Bertz CT molecular complexity index is 858. The van der Waals surface area contributed by atoms with E-state index < -0.39 is 0 Å². The van der Waals surface area contributed by atoms with Crippen LogP contribution >= 0.6 is 34.8 Å². The highest BCUT2D eigenvalue weighted by atomic mass is 35.5. The maximum absolute atomic E-state index is 6.20. The molecule has 0 bridgehead atoms. The van der Waals surface area contributed by atoms with E-state index in [4.69, 9.17) is 40.5 Å². The quantitative estimate of drug-likeness (QED) is 0.520. The third-order valence-electron chi connectivity index (χ3n) is 3.61. The summed E-state index contributed by atoms with van der Waals surface area (Å²) in [6.45, 7) is 1.91. The topological polar surface area (TPSA) is 75.9 Å². The normalized spacial score (nSPS) is 10.6. The Morgan fingerprint density at radius 3 is 2.08 bits per heavy atom. The Morgan fingerprint density at radius 2 is 1.40 bits per heavy atom. The number of halogens is 3. The van der Waals surface area contributed by atoms with Crippen LogP contribution in [0.4, 0.5) is 28.7 Å². The number of aromatic nitrogens is 2. The molecule has 8 heteroatoms. The van der Waals surface area contributed by atoms with Crippen molar-refractivity contribution in [1.82, 2.24) is 9.97 Å². The van der Waals surface area contributed by atoms with Crippen molar-refractivity contribution >= 4 is 63.5 Å². The predicted octanol–water partition coefficient (Wildman–Crippen LogP) is 5.81. The van der Waals surface area contributed by atoms with Crippen molar-refractivity contribution < 1.29 is 0 Å². The molecule has 2 aromatic carbocycles. The molecular weight excluding hydrogens is 381 g/mol. The summed E-state index contributed by atoms with van der Waals surface area (Å²) in [6, 6.07) is 10.8. The van der Waals surface area contributed by atoms with E-state index in [9.17, 15) is 0 Å². The molecule has 0 aliphatic rings. The number of nitrogen functional groups attached to an aromatic ring is 1. The van der Waals surface area contributed by atoms with Crippen LogP contribution < -0.4 is 16.4 Å². The summed E-state index contributed by atoms with van der Waals surface area (Å²) in [7, 11) is 0. The van der Waals surface area contributed by atoms with E-state index in [-0.39, 0.29) is 0 Å². The fourth-order valence-corrected chi connectivity index (χ4v) is 2.72. The lowest BCUT2D eigenvalue weighted by Gasteiger charge is -2.15. The second-order valence-corrected chi connectivity index (χ2v) is 6.44. The second-order valence-electron chi connectivity index (χ2n) is 5.25. The van der Waals surface area contributed by atoms with Crippen molar-refractivity contribution in [3.05, 3.63) is 63.4 Å². The van der Waals surface area contributed by atoms with E-state index in [1.165, 1.54) is 6.33 Å². The molecule has 3 rings (SSSR count). The molecule has 1 aromatic heterocycles. The zero-order chi connectivity index (χ0) is 18.0. The zero-order valence-corrected chi connectivity index (χ0v) is 15.4. The summed E-state index contributed by atoms with van der Waals surface area (Å²) in [4.78, 5) is 8.37. The van der Waals surface area contributed by atoms with Gasteiger partial charge in [0.1, 0.15) is 12.0 Å². The molecule has 0 aliphatic heterocycles. The lowest BCUT2D eigenvalue weighted by atomic mass is 10.2. The van der Waals surface area contributed by atoms with Crippen LogP contribution in [0.25, 0.3) is 0 Å². The molecule has 0 atom stereocenters. The molecular formula is C17H14Cl3N5. The molecule has 4 N–H and O–H groups in total. The standard InChI is InChI=1S/C17H14Cl3N5/c1-9-10(18)4-2-6-12(9)24-16-15(21)17(23-8-22-16)25-13-7-3-5-11(19)14(13)20/h2-8H,21H2,1H3,(H2,22,23,24,25). The summed E-state index contributed by atoms with van der Waals surface area (Å²) in [5, 5.41) is 7.73. The van der Waals surface area contributed by atoms with Crippen LogP contribution in [-0.2, 0) is 0 Å². The second kappa shape index (κ2) is 7.35. The minimum Gasteiger partial charge on any atom is -0.393 e. The SMILES string of the molecule is Cc1c(Cl)cccc1Nc1ncnc(Nc2cccc(Cl)c2Cl)c1N. The summed E-state index contributed by atoms with van der Waals surface area (Å²) >= 11 is 18.4. The van der Waals surface area contributed by atoms with Gasteiger partial charge in [0, 0.05) is 10.7 Å². The monoisotopic (exact) mass is 393 g/mol. The summed E-state index contributed by atoms with van der Waals surface area (Å²) in [5.74, 6) is 0.877. The van der Waals surface area contributed by atoms with Gasteiger partial charge >= 0.3 is 0 Å². The average Bonchev–Trinajstić information content (AvgIpc) is 2.59. The lowest BCUT2D eigenvalue weighted by molar-refractivity contribution is 1.17. The molecule has 0 unspecified atom stereocenters. The van der Waals surface area contributed by atoms with Gasteiger partial charge < -0.3 is 16.4 Å². The van der Waals surface area contributed by atoms with Crippen LogP contribution in [0.2, 0.25) is 15.1 Å². The molecule has 5 nitrogen and oxygen atoms in total. The van der Waals surface area contributed by atoms with Crippen LogP contribution in [0.1, 0.15) is 5.56 Å². The smallest absolute Gasteiger partial charge is 0.159 e. The molecule has 25 heavy (non-hydrogen) atoms. The Morgan fingerprint density at radius 1 is 0.840 bits per heavy atom. The number of nitrogens with one attached hydrogen (secondary N) is 2. The Labute approximate surface area is 160 Å². The van der Waals surface area contributed by atoms with Crippen LogP contribution in [0, 0.1) is 6.92 Å². The van der Waals surface area contributed by atoms with Crippen molar-refractivity contribution in [1.29, 1.82) is 0 Å². The van der Waals surface area contributed by atoms with Crippen molar-refractivity contribution in [2.75, 3.05) is 16.4 Å². The Hall–Kier alpha value is -2.21. The molecule has 0 amide bonds. The summed E-state index contributed by atoms with van der Waals surface area (Å²) < 4.78 is 0. The molecule has 128 valence electrons. The maximum Gasteiger partial charge on any atom is 0.159 e. The van der Waals surface area contributed by atoms with Gasteiger partial charge in [0.2, 0.25) is 0 Å². The molecule has 0 saturated heterocycles. The number of nitrogens with zero attached hydrogens (tertiary/aromatic N) is 2. The highest BCUT2D eigenvalue weighted by Crippen LogP contribution is 2.35. The highest BCUT2D eigenvalue weighted by Gasteiger charge is 2.12. The van der Waals surface area contributed by atoms with E-state index in [1.54, 1.807) is 18.2 Å². The average molecular weight is 395 g/mol. The molecule has 0 saturated carbocycles. The van der Waals surface area contributed by atoms with Crippen LogP contribution in [0.15, 0.2) is 42.7 Å². The highest BCUT2D eigenvalue weighted by molar-refractivity contribution is 6.43. The first-order chi connectivity index (χ1) is 12.0. The first kappa shape index (κ1) is 17.6. The number of nitrogens with two attached hydrogens (primary N) is 1. The summed E-state index contributed by atoms with van der Waals surface area (Å²) in [5.41, 5.74) is 8.85. The zero-order valence-electron chi connectivity index (χ0n) is 13.1. The van der Waals surface area contributed by atoms with Crippen molar-refractivity contribution in [2.24, 2.45) is 0 Å². The van der Waals surface area contributed by atoms with Crippen LogP contribution in [0.3, 0.4) is 0 Å². The molecule has 3 aromatic rings. The number of rotatable bonds is 4. The summed E-state index contributed by atoms with van der Waals surface area (Å²) in [6.07, 6.45) is 1.40. The number of benzene rings is 2. The van der Waals surface area contributed by atoms with E-state index in [0.717, 1.165) is 11.3 Å². The van der Waals surface area contributed by atoms with Gasteiger partial charge in [-0.3, -0.25) is 0 Å². The number of hydrogen-bond donors (Lipinski definition) is 3. The van der Waals surface area contributed by atoms with E-state index in [0.29, 0.717) is 38.1 Å². The molecule has 0 radical (unpaired) electrons. The number of hydrogen-bond acceptors (Lipinski definition) is 5. The van der Waals surface area contributed by atoms with Gasteiger partial charge in [-0.1, -0.05) is 46.9 Å². The largest absolute Gasteiger partial charge is 0.393 e. The lowest BCUT2D eigenvalue weighted by Crippen LogP contribution is -2.06. The fourth-order valence-electron chi connectivity index (χ4n) is 2.19. The predicted molar refractivity (Wildman–Crippen MR) is 106 cm³/mol. The van der Waals surface area contributed by atoms with E-state index in [1.807, 2.05) is 25.1 Å². The number of anilines is 5. The minimum absolute atomic E-state index is 0.345. The van der Waals surface area contributed by atoms with Gasteiger partial charge in [-0.05, 0) is 36.8 Å². The fraction of sp³-hybridized carbons (Fsp3) is 0.0588. The molecule has 0 fully saturated rings. The van der Waals surface area contributed by atoms with Gasteiger partial charge in [-0.25, -0.2) is 9.97 Å². The van der Waals surface area contributed by atoms with Gasteiger partial charge in [-0.15, -0.1) is 0 Å². The van der Waals surface area contributed by atoms with Crippen LogP contribution in [-0.4, -0.2) is 9.97 Å². The Balaban J connectivity index is 1.92. The maximum atomic E-state index is 6.20. The van der Waals surface area contributed by atoms with Crippen molar-refractivity contribution in [3.8, 4) is 0 Å². The molecule has 0 spiro atoms. The van der Waals surface area contributed by atoms with Gasteiger partial charge in [0.25, 0.3) is 0 Å². The van der Waals surface area contributed by atoms with E-state index >= 15 is 0 Å². The minimum atomic E-state index is 0.345. The van der Waals surface area contributed by atoms with Gasteiger partial charge in [0.05, 0.1) is 15.7 Å². The molecule has 0 aliphatic carbocycles. The first-order valence-electron chi connectivity index (χ1n) is 7.31. The van der Waals surface area contributed by atoms with Gasteiger partial charge in [-0.2, -0.15) is 0 Å². The third kappa shape index (κ3) is 3.74. The third-order valence-corrected chi connectivity index (χ3v) is 4.84. The van der Waals surface area contributed by atoms with Crippen LogP contribution in [0.5, 0.6) is 0 Å². The molecule has 1 heterocycles. The van der Waals surface area contributed by atoms with Crippen molar-refractivity contribution in [3.63, 3.8) is 0 Å².